The molecule has 6 heteroatoms. The third-order valence-electron chi connectivity index (χ3n) is 2.90. The van der Waals surface area contributed by atoms with Crippen molar-refractivity contribution in [3.05, 3.63) is 63.9 Å². The molecule has 1 amide bonds. The summed E-state index contributed by atoms with van der Waals surface area (Å²) in [5, 5.41) is 3.85. The van der Waals surface area contributed by atoms with E-state index in [0.29, 0.717) is 28.8 Å². The molecule has 0 bridgehead atoms. The standard InChI is InChI=1S/C16H14Cl2FNO2/c17-12-5-4-11(15(18)8-12)6-7-20-16(21)10-22-14-3-1-2-13(19)9-14/h1-5,8-9H,6-7,10H2,(H,20,21). The number of ether oxygens (including phenoxy) is 1. The van der Waals surface area contributed by atoms with E-state index < -0.39 is 5.82 Å². The van der Waals surface area contributed by atoms with E-state index in [2.05, 4.69) is 5.32 Å². The fourth-order valence-electron chi connectivity index (χ4n) is 1.82. The van der Waals surface area contributed by atoms with Gasteiger partial charge in [0.1, 0.15) is 11.6 Å². The summed E-state index contributed by atoms with van der Waals surface area (Å²) in [7, 11) is 0. The molecular formula is C16H14Cl2FNO2. The highest BCUT2D eigenvalue weighted by atomic mass is 35.5. The highest BCUT2D eigenvalue weighted by Crippen LogP contribution is 2.21. The van der Waals surface area contributed by atoms with Gasteiger partial charge in [0.05, 0.1) is 0 Å². The SMILES string of the molecule is O=C(COc1cccc(F)c1)NCCc1ccc(Cl)cc1Cl. The largest absolute Gasteiger partial charge is 0.484 e. The van der Waals surface area contributed by atoms with Crippen LogP contribution in [0.4, 0.5) is 4.39 Å². The van der Waals surface area contributed by atoms with Crippen LogP contribution in [0.15, 0.2) is 42.5 Å². The first-order valence-electron chi connectivity index (χ1n) is 6.63. The molecule has 0 unspecified atom stereocenters. The highest BCUT2D eigenvalue weighted by Gasteiger charge is 2.05. The van der Waals surface area contributed by atoms with E-state index in [1.54, 1.807) is 18.2 Å². The maximum absolute atomic E-state index is 12.9. The Kier molecular flexibility index (Phi) is 6.04. The Morgan fingerprint density at radius 2 is 2.00 bits per heavy atom. The highest BCUT2D eigenvalue weighted by molar-refractivity contribution is 6.35. The molecule has 0 aliphatic heterocycles. The second kappa shape index (κ2) is 8.01. The zero-order valence-electron chi connectivity index (χ0n) is 11.6. The lowest BCUT2D eigenvalue weighted by Crippen LogP contribution is -2.30. The van der Waals surface area contributed by atoms with Gasteiger partial charge in [0, 0.05) is 22.7 Å². The Hall–Kier alpha value is -1.78. The molecule has 116 valence electrons. The molecule has 2 aromatic rings. The summed E-state index contributed by atoms with van der Waals surface area (Å²) in [6.07, 6.45) is 0.585. The van der Waals surface area contributed by atoms with Crippen molar-refractivity contribution < 1.29 is 13.9 Å². The van der Waals surface area contributed by atoms with E-state index in [1.807, 2.05) is 6.07 Å². The van der Waals surface area contributed by atoms with E-state index >= 15 is 0 Å². The van der Waals surface area contributed by atoms with Crippen LogP contribution in [0.5, 0.6) is 5.75 Å². The summed E-state index contributed by atoms with van der Waals surface area (Å²) in [4.78, 5) is 11.6. The number of hydrogen-bond acceptors (Lipinski definition) is 2. The van der Waals surface area contributed by atoms with E-state index in [1.165, 1.54) is 18.2 Å². The molecule has 22 heavy (non-hydrogen) atoms. The monoisotopic (exact) mass is 341 g/mol. The molecule has 0 aliphatic carbocycles. The lowest BCUT2D eigenvalue weighted by atomic mass is 10.1. The summed E-state index contributed by atoms with van der Waals surface area (Å²) in [5.74, 6) is -0.375. The topological polar surface area (TPSA) is 38.3 Å². The Labute approximate surface area is 138 Å². The van der Waals surface area contributed by atoms with Crippen LogP contribution in [0, 0.1) is 5.82 Å². The van der Waals surface area contributed by atoms with Crippen LogP contribution in [0.1, 0.15) is 5.56 Å². The Morgan fingerprint density at radius 3 is 2.73 bits per heavy atom. The minimum absolute atomic E-state index is 0.169. The Balaban J connectivity index is 1.74. The first-order valence-corrected chi connectivity index (χ1v) is 7.39. The molecule has 0 radical (unpaired) electrons. The molecule has 0 heterocycles. The summed E-state index contributed by atoms with van der Waals surface area (Å²) in [6, 6.07) is 10.9. The van der Waals surface area contributed by atoms with Gasteiger partial charge in [-0.15, -0.1) is 0 Å². The van der Waals surface area contributed by atoms with Crippen molar-refractivity contribution in [1.82, 2.24) is 5.32 Å². The van der Waals surface area contributed by atoms with Gasteiger partial charge >= 0.3 is 0 Å². The molecular weight excluding hydrogens is 328 g/mol. The maximum Gasteiger partial charge on any atom is 0.257 e. The van der Waals surface area contributed by atoms with Gasteiger partial charge in [-0.05, 0) is 36.2 Å². The van der Waals surface area contributed by atoms with Crippen LogP contribution >= 0.6 is 23.2 Å². The first kappa shape index (κ1) is 16.6. The van der Waals surface area contributed by atoms with Crippen molar-refractivity contribution in [3.63, 3.8) is 0 Å². The van der Waals surface area contributed by atoms with Crippen LogP contribution in [0.3, 0.4) is 0 Å². The minimum atomic E-state index is -0.407. The van der Waals surface area contributed by atoms with Crippen LogP contribution in [-0.4, -0.2) is 19.1 Å². The maximum atomic E-state index is 12.9. The third kappa shape index (κ3) is 5.20. The smallest absolute Gasteiger partial charge is 0.257 e. The van der Waals surface area contributed by atoms with Crippen LogP contribution in [0.25, 0.3) is 0 Å². The first-order chi connectivity index (χ1) is 10.5. The molecule has 1 N–H and O–H groups in total. The van der Waals surface area contributed by atoms with Crippen molar-refractivity contribution in [2.24, 2.45) is 0 Å². The molecule has 0 aliphatic rings. The molecule has 0 aromatic heterocycles. The predicted octanol–water partition coefficient (Wildman–Crippen LogP) is 3.87. The van der Waals surface area contributed by atoms with Gasteiger partial charge in [-0.25, -0.2) is 4.39 Å². The second-order valence-corrected chi connectivity index (χ2v) is 5.43. The van der Waals surface area contributed by atoms with Crippen molar-refractivity contribution in [2.45, 2.75) is 6.42 Å². The lowest BCUT2D eigenvalue weighted by molar-refractivity contribution is -0.123. The number of benzene rings is 2. The predicted molar refractivity (Wildman–Crippen MR) is 85.1 cm³/mol. The molecule has 0 saturated carbocycles. The van der Waals surface area contributed by atoms with Gasteiger partial charge in [0.15, 0.2) is 6.61 Å². The number of nitrogens with one attached hydrogen (secondary N) is 1. The molecule has 2 rings (SSSR count). The Morgan fingerprint density at radius 1 is 1.18 bits per heavy atom. The van der Waals surface area contributed by atoms with E-state index in [4.69, 9.17) is 27.9 Å². The number of halogens is 3. The number of rotatable bonds is 6. The Bertz CT molecular complexity index is 664. The quantitative estimate of drug-likeness (QED) is 0.866. The molecule has 3 nitrogen and oxygen atoms in total. The fourth-order valence-corrected chi connectivity index (χ4v) is 2.32. The normalized spacial score (nSPS) is 10.3. The third-order valence-corrected chi connectivity index (χ3v) is 3.48. The van der Waals surface area contributed by atoms with Gasteiger partial charge in [0.2, 0.25) is 0 Å². The number of carbonyl (C=O) groups is 1. The lowest BCUT2D eigenvalue weighted by Gasteiger charge is -2.08. The zero-order valence-corrected chi connectivity index (χ0v) is 13.1. The van der Waals surface area contributed by atoms with Crippen molar-refractivity contribution >= 4 is 29.1 Å². The van der Waals surface area contributed by atoms with Crippen LogP contribution in [0.2, 0.25) is 10.0 Å². The fraction of sp³-hybridized carbons (Fsp3) is 0.188. The zero-order chi connectivity index (χ0) is 15.9. The van der Waals surface area contributed by atoms with Crippen molar-refractivity contribution in [3.8, 4) is 5.75 Å². The second-order valence-electron chi connectivity index (χ2n) is 4.58. The minimum Gasteiger partial charge on any atom is -0.484 e. The average Bonchev–Trinajstić information content (AvgIpc) is 2.47. The van der Waals surface area contributed by atoms with Crippen molar-refractivity contribution in [2.75, 3.05) is 13.2 Å². The molecule has 0 spiro atoms. The molecule has 0 atom stereocenters. The summed E-state index contributed by atoms with van der Waals surface area (Å²) in [5.41, 5.74) is 0.900. The van der Waals surface area contributed by atoms with E-state index in [9.17, 15) is 9.18 Å². The number of hydrogen-bond donors (Lipinski definition) is 1. The number of amides is 1. The number of carbonyl (C=O) groups excluding carboxylic acids is 1. The van der Waals surface area contributed by atoms with Gasteiger partial charge in [0.25, 0.3) is 5.91 Å². The van der Waals surface area contributed by atoms with Crippen LogP contribution < -0.4 is 10.1 Å². The van der Waals surface area contributed by atoms with Crippen LogP contribution in [-0.2, 0) is 11.2 Å². The van der Waals surface area contributed by atoms with Crippen molar-refractivity contribution in [1.29, 1.82) is 0 Å². The summed E-state index contributed by atoms with van der Waals surface area (Å²) >= 11 is 11.9. The van der Waals surface area contributed by atoms with E-state index in [0.717, 1.165) is 5.56 Å². The molecule has 0 fully saturated rings. The summed E-state index contributed by atoms with van der Waals surface area (Å²) < 4.78 is 18.1. The van der Waals surface area contributed by atoms with Gasteiger partial charge in [-0.3, -0.25) is 4.79 Å². The van der Waals surface area contributed by atoms with E-state index in [-0.39, 0.29) is 12.5 Å². The van der Waals surface area contributed by atoms with Gasteiger partial charge in [-0.1, -0.05) is 35.3 Å². The van der Waals surface area contributed by atoms with Gasteiger partial charge in [-0.2, -0.15) is 0 Å². The molecule has 0 saturated heterocycles. The average molecular weight is 342 g/mol. The van der Waals surface area contributed by atoms with Gasteiger partial charge < -0.3 is 10.1 Å². The summed E-state index contributed by atoms with van der Waals surface area (Å²) in [6.45, 7) is 0.254. The molecule has 2 aromatic carbocycles.